The van der Waals surface area contributed by atoms with Gasteiger partial charge in [0.2, 0.25) is 5.91 Å². The van der Waals surface area contributed by atoms with E-state index in [4.69, 9.17) is 15.9 Å². The zero-order valence-corrected chi connectivity index (χ0v) is 14.3. The van der Waals surface area contributed by atoms with Gasteiger partial charge in [0.25, 0.3) is 0 Å². The van der Waals surface area contributed by atoms with Gasteiger partial charge in [0.1, 0.15) is 17.7 Å². The summed E-state index contributed by atoms with van der Waals surface area (Å²) in [5.74, 6) is 0.958. The lowest BCUT2D eigenvalue weighted by Crippen LogP contribution is -2.48. The Morgan fingerprint density at radius 3 is 3.08 bits per heavy atom. The summed E-state index contributed by atoms with van der Waals surface area (Å²) in [5, 5.41) is 20.1. The van der Waals surface area contributed by atoms with E-state index in [9.17, 15) is 9.90 Å². The maximum absolute atomic E-state index is 12.7. The molecule has 0 aliphatic carbocycles. The van der Waals surface area contributed by atoms with Gasteiger partial charge in [-0.15, -0.1) is 0 Å². The molecule has 0 saturated carbocycles. The van der Waals surface area contributed by atoms with E-state index in [0.29, 0.717) is 30.8 Å². The summed E-state index contributed by atoms with van der Waals surface area (Å²) in [6, 6.07) is 6.91. The number of carbonyl (C=O) groups excluding carboxylic acids is 1. The van der Waals surface area contributed by atoms with Crippen LogP contribution in [0, 0.1) is 11.3 Å². The first-order valence-corrected chi connectivity index (χ1v) is 8.81. The van der Waals surface area contributed by atoms with E-state index in [1.807, 2.05) is 11.0 Å². The number of aliphatic hydroxyl groups is 1. The van der Waals surface area contributed by atoms with Gasteiger partial charge >= 0.3 is 0 Å². The van der Waals surface area contributed by atoms with Crippen molar-refractivity contribution in [3.63, 3.8) is 0 Å². The molecule has 0 spiro atoms. The zero-order valence-electron chi connectivity index (χ0n) is 14.3. The maximum Gasteiger partial charge on any atom is 0.239 e. The average molecular weight is 346 g/mol. The topological polar surface area (TPSA) is 112 Å². The Morgan fingerprint density at radius 1 is 1.48 bits per heavy atom. The molecule has 2 aliphatic rings. The third kappa shape index (κ3) is 4.29. The molecule has 2 aliphatic heterocycles. The van der Waals surface area contributed by atoms with Gasteiger partial charge in [0.05, 0.1) is 6.04 Å². The fourth-order valence-electron chi connectivity index (χ4n) is 3.55. The van der Waals surface area contributed by atoms with Gasteiger partial charge in [-0.3, -0.25) is 10.2 Å². The van der Waals surface area contributed by atoms with Crippen molar-refractivity contribution < 1.29 is 14.6 Å². The Labute approximate surface area is 147 Å². The number of nitrogens with one attached hydrogen (secondary N) is 2. The predicted octanol–water partition coefficient (Wildman–Crippen LogP) is 0.311. The predicted molar refractivity (Wildman–Crippen MR) is 94.7 cm³/mol. The highest BCUT2D eigenvalue weighted by molar-refractivity contribution is 5.95. The number of hydrogen-bond acceptors (Lipinski definition) is 5. The first kappa shape index (κ1) is 17.7. The molecule has 1 unspecified atom stereocenters. The van der Waals surface area contributed by atoms with Crippen LogP contribution in [0.25, 0.3) is 0 Å². The number of hydrogen-bond donors (Lipinski definition) is 4. The van der Waals surface area contributed by atoms with Gasteiger partial charge in [0, 0.05) is 38.2 Å². The molecule has 0 bridgehead atoms. The number of aliphatic hydroxyl groups excluding tert-OH is 1. The second-order valence-electron chi connectivity index (χ2n) is 6.85. The molecule has 25 heavy (non-hydrogen) atoms. The van der Waals surface area contributed by atoms with E-state index < -0.39 is 0 Å². The average Bonchev–Trinajstić information content (AvgIpc) is 3.09. The summed E-state index contributed by atoms with van der Waals surface area (Å²) < 4.78 is 5.95. The Hall–Kier alpha value is -2.12. The van der Waals surface area contributed by atoms with E-state index >= 15 is 0 Å². The highest BCUT2D eigenvalue weighted by Crippen LogP contribution is 2.22. The number of carbonyl (C=O) groups is 1. The number of likely N-dealkylation sites (tertiary alicyclic amines) is 1. The molecule has 3 rings (SSSR count). The van der Waals surface area contributed by atoms with Crippen molar-refractivity contribution in [2.45, 2.75) is 31.4 Å². The van der Waals surface area contributed by atoms with Crippen LogP contribution in [0.15, 0.2) is 24.3 Å². The third-order valence-corrected chi connectivity index (χ3v) is 4.93. The number of ether oxygens (including phenoxy) is 1. The SMILES string of the molecule is N=C(N)c1cccc(O[C@H]2CN[C@H](C(=O)N3CCCC(CO)C3)C2)c1. The number of amidine groups is 1. The van der Waals surface area contributed by atoms with Crippen LogP contribution in [0.5, 0.6) is 5.75 Å². The second-order valence-corrected chi connectivity index (χ2v) is 6.85. The molecule has 1 aromatic carbocycles. The third-order valence-electron chi connectivity index (χ3n) is 4.93. The summed E-state index contributed by atoms with van der Waals surface area (Å²) in [6.07, 6.45) is 2.45. The fourth-order valence-corrected chi connectivity index (χ4v) is 3.55. The van der Waals surface area contributed by atoms with Crippen LogP contribution in [-0.4, -0.2) is 60.1 Å². The quantitative estimate of drug-likeness (QED) is 0.453. The van der Waals surface area contributed by atoms with E-state index in [-0.39, 0.29) is 36.4 Å². The number of rotatable bonds is 5. The van der Waals surface area contributed by atoms with E-state index in [0.717, 1.165) is 19.4 Å². The smallest absolute Gasteiger partial charge is 0.239 e. The van der Waals surface area contributed by atoms with Crippen molar-refractivity contribution in [3.05, 3.63) is 29.8 Å². The highest BCUT2D eigenvalue weighted by Gasteiger charge is 2.35. The van der Waals surface area contributed by atoms with Crippen molar-refractivity contribution in [1.29, 1.82) is 5.41 Å². The first-order chi connectivity index (χ1) is 12.1. The van der Waals surface area contributed by atoms with Crippen LogP contribution in [0.3, 0.4) is 0 Å². The van der Waals surface area contributed by atoms with Crippen molar-refractivity contribution in [1.82, 2.24) is 10.2 Å². The fraction of sp³-hybridized carbons (Fsp3) is 0.556. The van der Waals surface area contributed by atoms with E-state index in [1.165, 1.54) is 0 Å². The Bertz CT molecular complexity index is 637. The van der Waals surface area contributed by atoms with Crippen molar-refractivity contribution in [3.8, 4) is 5.75 Å². The molecular formula is C18H26N4O3. The number of piperidine rings is 1. The molecule has 2 fully saturated rings. The molecule has 2 saturated heterocycles. The molecular weight excluding hydrogens is 320 g/mol. The summed E-state index contributed by atoms with van der Waals surface area (Å²) in [7, 11) is 0. The van der Waals surface area contributed by atoms with Crippen LogP contribution >= 0.6 is 0 Å². The molecule has 136 valence electrons. The lowest BCUT2D eigenvalue weighted by molar-refractivity contribution is -0.135. The van der Waals surface area contributed by atoms with Gasteiger partial charge in [-0.2, -0.15) is 0 Å². The minimum absolute atomic E-state index is 0.00610. The summed E-state index contributed by atoms with van der Waals surface area (Å²) in [6.45, 7) is 2.15. The van der Waals surface area contributed by atoms with Gasteiger partial charge in [-0.1, -0.05) is 12.1 Å². The van der Waals surface area contributed by atoms with Crippen LogP contribution in [0.1, 0.15) is 24.8 Å². The number of amides is 1. The zero-order chi connectivity index (χ0) is 17.8. The molecule has 1 amide bonds. The number of nitrogens with zero attached hydrogens (tertiary/aromatic N) is 1. The van der Waals surface area contributed by atoms with Gasteiger partial charge in [0.15, 0.2) is 0 Å². The second kappa shape index (κ2) is 7.84. The van der Waals surface area contributed by atoms with Crippen molar-refractivity contribution in [2.24, 2.45) is 11.7 Å². The Balaban J connectivity index is 1.55. The highest BCUT2D eigenvalue weighted by atomic mass is 16.5. The number of nitrogens with two attached hydrogens (primary N) is 1. The molecule has 7 nitrogen and oxygen atoms in total. The molecule has 7 heteroatoms. The lowest BCUT2D eigenvalue weighted by Gasteiger charge is -2.33. The molecule has 3 atom stereocenters. The first-order valence-electron chi connectivity index (χ1n) is 8.81. The monoisotopic (exact) mass is 346 g/mol. The minimum atomic E-state index is -0.238. The largest absolute Gasteiger partial charge is 0.489 e. The Kier molecular flexibility index (Phi) is 5.55. The van der Waals surface area contributed by atoms with E-state index in [1.54, 1.807) is 18.2 Å². The number of benzene rings is 1. The van der Waals surface area contributed by atoms with Crippen molar-refractivity contribution in [2.75, 3.05) is 26.2 Å². The number of nitrogen functional groups attached to an aromatic ring is 1. The van der Waals surface area contributed by atoms with Crippen LogP contribution in [-0.2, 0) is 4.79 Å². The standard InChI is InChI=1S/C18H26N4O3/c19-17(20)13-4-1-5-14(7-13)25-15-8-16(21-9-15)18(24)22-6-2-3-12(10-22)11-23/h1,4-5,7,12,15-16,21,23H,2-3,6,8-11H2,(H3,19,20)/t12?,15-,16+/m1/s1. The normalized spacial score (nSPS) is 26.4. The van der Waals surface area contributed by atoms with Gasteiger partial charge in [-0.05, 0) is 30.9 Å². The van der Waals surface area contributed by atoms with Crippen molar-refractivity contribution >= 4 is 11.7 Å². The summed E-state index contributed by atoms with van der Waals surface area (Å²) >= 11 is 0. The maximum atomic E-state index is 12.7. The molecule has 2 heterocycles. The van der Waals surface area contributed by atoms with Gasteiger partial charge < -0.3 is 25.8 Å². The minimum Gasteiger partial charge on any atom is -0.489 e. The van der Waals surface area contributed by atoms with E-state index in [2.05, 4.69) is 5.32 Å². The van der Waals surface area contributed by atoms with Gasteiger partial charge in [-0.25, -0.2) is 0 Å². The summed E-state index contributed by atoms with van der Waals surface area (Å²) in [5.41, 5.74) is 6.13. The molecule has 1 aromatic rings. The van der Waals surface area contributed by atoms with Crippen LogP contribution in [0.4, 0.5) is 0 Å². The molecule has 5 N–H and O–H groups in total. The Morgan fingerprint density at radius 2 is 2.32 bits per heavy atom. The summed E-state index contributed by atoms with van der Waals surface area (Å²) in [4.78, 5) is 14.5. The van der Waals surface area contributed by atoms with Crippen LogP contribution < -0.4 is 15.8 Å². The molecule has 0 aromatic heterocycles. The molecule has 0 radical (unpaired) electrons. The van der Waals surface area contributed by atoms with Crippen LogP contribution in [0.2, 0.25) is 0 Å². The lowest BCUT2D eigenvalue weighted by atomic mass is 9.98.